The van der Waals surface area contributed by atoms with Crippen LogP contribution < -0.4 is 10.1 Å². The van der Waals surface area contributed by atoms with Gasteiger partial charge in [0.1, 0.15) is 5.75 Å². The molecular weight excluding hydrogens is 222 g/mol. The lowest BCUT2D eigenvalue weighted by molar-refractivity contribution is 0.407. The highest BCUT2D eigenvalue weighted by molar-refractivity contribution is 5.39. The maximum atomic E-state index is 5.46. The molecule has 1 saturated carbocycles. The zero-order valence-electron chi connectivity index (χ0n) is 11.7. The van der Waals surface area contributed by atoms with E-state index < -0.39 is 0 Å². The number of likely N-dealkylation sites (N-methyl/N-ethyl adjacent to an activating group) is 1. The zero-order valence-corrected chi connectivity index (χ0v) is 11.7. The fourth-order valence-electron chi connectivity index (χ4n) is 2.94. The molecule has 1 N–H and O–H groups in total. The minimum absolute atomic E-state index is 0.776. The van der Waals surface area contributed by atoms with Crippen LogP contribution in [0.4, 0.5) is 0 Å². The number of hydrogen-bond donors (Lipinski definition) is 1. The van der Waals surface area contributed by atoms with Crippen LogP contribution in [-0.4, -0.2) is 20.7 Å². The number of nitrogens with one attached hydrogen (secondary N) is 1. The van der Waals surface area contributed by atoms with E-state index in [-0.39, 0.29) is 0 Å². The second-order valence-electron chi connectivity index (χ2n) is 5.26. The lowest BCUT2D eigenvalue weighted by Gasteiger charge is -2.23. The Bertz CT molecular complexity index is 369. The largest absolute Gasteiger partial charge is 0.496 e. The van der Waals surface area contributed by atoms with Crippen molar-refractivity contribution in [3.8, 4) is 5.75 Å². The molecule has 0 heterocycles. The van der Waals surface area contributed by atoms with Crippen LogP contribution >= 0.6 is 0 Å². The van der Waals surface area contributed by atoms with Crippen molar-refractivity contribution >= 4 is 0 Å². The summed E-state index contributed by atoms with van der Waals surface area (Å²) in [5, 5.41) is 3.21. The van der Waals surface area contributed by atoms with Gasteiger partial charge in [0.25, 0.3) is 0 Å². The van der Waals surface area contributed by atoms with Gasteiger partial charge in [0.05, 0.1) is 7.11 Å². The van der Waals surface area contributed by atoms with E-state index in [0.717, 1.165) is 24.6 Å². The van der Waals surface area contributed by atoms with Crippen molar-refractivity contribution in [2.75, 3.05) is 20.7 Å². The second-order valence-corrected chi connectivity index (χ2v) is 5.26. The van der Waals surface area contributed by atoms with Gasteiger partial charge < -0.3 is 10.1 Å². The van der Waals surface area contributed by atoms with Crippen LogP contribution in [0.1, 0.15) is 49.1 Å². The Morgan fingerprint density at radius 2 is 2.00 bits per heavy atom. The molecule has 0 spiro atoms. The third kappa shape index (κ3) is 3.26. The fraction of sp³-hybridized carbons (Fsp3) is 0.625. The van der Waals surface area contributed by atoms with Crippen LogP contribution in [0.5, 0.6) is 5.75 Å². The summed E-state index contributed by atoms with van der Waals surface area (Å²) in [5.41, 5.74) is 2.86. The number of ether oxygens (including phenoxy) is 1. The molecule has 100 valence electrons. The summed E-state index contributed by atoms with van der Waals surface area (Å²) in [6.07, 6.45) is 7.96. The molecular formula is C16H25NO. The molecule has 0 aliphatic heterocycles. The first-order valence-corrected chi connectivity index (χ1v) is 7.16. The summed E-state index contributed by atoms with van der Waals surface area (Å²) in [4.78, 5) is 0. The first-order valence-electron chi connectivity index (χ1n) is 7.16. The van der Waals surface area contributed by atoms with Crippen molar-refractivity contribution in [2.45, 2.75) is 44.4 Å². The van der Waals surface area contributed by atoms with E-state index in [2.05, 4.69) is 23.5 Å². The highest BCUT2D eigenvalue weighted by atomic mass is 16.5. The predicted octanol–water partition coefficient (Wildman–Crippen LogP) is 3.50. The van der Waals surface area contributed by atoms with Crippen molar-refractivity contribution in [1.29, 1.82) is 0 Å². The van der Waals surface area contributed by atoms with E-state index in [4.69, 9.17) is 4.74 Å². The van der Waals surface area contributed by atoms with Crippen molar-refractivity contribution in [3.05, 3.63) is 29.3 Å². The van der Waals surface area contributed by atoms with Crippen LogP contribution in [0.3, 0.4) is 0 Å². The summed E-state index contributed by atoms with van der Waals surface area (Å²) in [7, 11) is 3.76. The van der Waals surface area contributed by atoms with E-state index in [1.54, 1.807) is 7.11 Å². The molecule has 1 aliphatic carbocycles. The van der Waals surface area contributed by atoms with Gasteiger partial charge >= 0.3 is 0 Å². The summed E-state index contributed by atoms with van der Waals surface area (Å²) in [6, 6.07) is 6.78. The Kier molecular flexibility index (Phi) is 5.06. The van der Waals surface area contributed by atoms with Gasteiger partial charge in [-0.1, -0.05) is 31.4 Å². The number of rotatable bonds is 5. The van der Waals surface area contributed by atoms with Gasteiger partial charge in [-0.25, -0.2) is 0 Å². The molecule has 2 heteroatoms. The Labute approximate surface area is 111 Å². The average molecular weight is 247 g/mol. The molecule has 18 heavy (non-hydrogen) atoms. The molecule has 0 unspecified atom stereocenters. The van der Waals surface area contributed by atoms with Crippen LogP contribution in [0.2, 0.25) is 0 Å². The molecule has 0 radical (unpaired) electrons. The minimum atomic E-state index is 0.776. The molecule has 1 fully saturated rings. The summed E-state index contributed by atoms with van der Waals surface area (Å²) in [5.74, 6) is 1.81. The molecule has 0 atom stereocenters. The van der Waals surface area contributed by atoms with Crippen molar-refractivity contribution < 1.29 is 4.74 Å². The first-order chi connectivity index (χ1) is 8.85. The van der Waals surface area contributed by atoms with Crippen molar-refractivity contribution in [3.63, 3.8) is 0 Å². The van der Waals surface area contributed by atoms with Crippen LogP contribution in [-0.2, 0) is 6.42 Å². The summed E-state index contributed by atoms with van der Waals surface area (Å²) >= 11 is 0. The third-order valence-corrected chi connectivity index (χ3v) is 4.03. The van der Waals surface area contributed by atoms with Gasteiger partial charge in [-0.05, 0) is 56.0 Å². The Balaban J connectivity index is 2.15. The predicted molar refractivity (Wildman–Crippen MR) is 76.5 cm³/mol. The van der Waals surface area contributed by atoms with Gasteiger partial charge in [0, 0.05) is 0 Å². The van der Waals surface area contributed by atoms with Gasteiger partial charge in [-0.15, -0.1) is 0 Å². The number of benzene rings is 1. The zero-order chi connectivity index (χ0) is 12.8. The van der Waals surface area contributed by atoms with E-state index in [1.807, 2.05) is 7.05 Å². The third-order valence-electron chi connectivity index (χ3n) is 4.03. The highest BCUT2D eigenvalue weighted by Gasteiger charge is 2.16. The second kappa shape index (κ2) is 6.79. The minimum Gasteiger partial charge on any atom is -0.496 e. The molecule has 0 aromatic heterocycles. The van der Waals surface area contributed by atoms with E-state index >= 15 is 0 Å². The quantitative estimate of drug-likeness (QED) is 0.859. The molecule has 2 rings (SSSR count). The molecule has 0 saturated heterocycles. The summed E-state index contributed by atoms with van der Waals surface area (Å²) < 4.78 is 5.46. The first kappa shape index (κ1) is 13.4. The molecule has 0 bridgehead atoms. The van der Waals surface area contributed by atoms with Crippen LogP contribution in [0, 0.1) is 0 Å². The van der Waals surface area contributed by atoms with Crippen molar-refractivity contribution in [1.82, 2.24) is 5.32 Å². The fourth-order valence-corrected chi connectivity index (χ4v) is 2.94. The molecule has 1 aromatic rings. The Morgan fingerprint density at radius 3 is 2.67 bits per heavy atom. The maximum absolute atomic E-state index is 5.46. The smallest absolute Gasteiger partial charge is 0.122 e. The van der Waals surface area contributed by atoms with Gasteiger partial charge in [-0.3, -0.25) is 0 Å². The summed E-state index contributed by atoms with van der Waals surface area (Å²) in [6.45, 7) is 1.00. The Morgan fingerprint density at radius 1 is 1.22 bits per heavy atom. The lowest BCUT2D eigenvalue weighted by Crippen LogP contribution is -2.12. The Hall–Kier alpha value is -1.02. The van der Waals surface area contributed by atoms with Crippen LogP contribution in [0.25, 0.3) is 0 Å². The molecule has 2 nitrogen and oxygen atoms in total. The van der Waals surface area contributed by atoms with Gasteiger partial charge in [0.2, 0.25) is 0 Å². The average Bonchev–Trinajstić information content (AvgIpc) is 2.45. The normalized spacial score (nSPS) is 16.8. The van der Waals surface area contributed by atoms with Gasteiger partial charge in [0.15, 0.2) is 0 Å². The molecule has 0 amide bonds. The molecule has 1 aromatic carbocycles. The monoisotopic (exact) mass is 247 g/mol. The lowest BCUT2D eigenvalue weighted by atomic mass is 9.83. The standard InChI is InChI=1S/C16H25NO/c1-17-11-10-15-12-14(8-9-16(15)18-2)13-6-4-3-5-7-13/h8-9,12-13,17H,3-7,10-11H2,1-2H3. The van der Waals surface area contributed by atoms with E-state index in [9.17, 15) is 0 Å². The topological polar surface area (TPSA) is 21.3 Å². The van der Waals surface area contributed by atoms with E-state index in [1.165, 1.54) is 43.2 Å². The maximum Gasteiger partial charge on any atom is 0.122 e. The van der Waals surface area contributed by atoms with Gasteiger partial charge in [-0.2, -0.15) is 0 Å². The number of methoxy groups -OCH3 is 1. The van der Waals surface area contributed by atoms with Crippen LogP contribution in [0.15, 0.2) is 18.2 Å². The molecule has 1 aliphatic rings. The number of hydrogen-bond acceptors (Lipinski definition) is 2. The van der Waals surface area contributed by atoms with E-state index in [0.29, 0.717) is 0 Å². The highest BCUT2D eigenvalue weighted by Crippen LogP contribution is 2.34. The van der Waals surface area contributed by atoms with Crippen molar-refractivity contribution in [2.24, 2.45) is 0 Å². The SMILES string of the molecule is CNCCc1cc(C2CCCCC2)ccc1OC.